The fourth-order valence-corrected chi connectivity index (χ4v) is 1.64. The van der Waals surface area contributed by atoms with Crippen molar-refractivity contribution in [1.82, 2.24) is 9.78 Å². The Labute approximate surface area is 70.2 Å². The summed E-state index contributed by atoms with van der Waals surface area (Å²) < 4.78 is 23.2. The Hall–Kier alpha value is -0.920. The maximum atomic E-state index is 10.9. The smallest absolute Gasteiger partial charge is 0.241 e. The van der Waals surface area contributed by atoms with Crippen molar-refractivity contribution in [2.24, 2.45) is 17.9 Å². The topological polar surface area (TPSA) is 104 Å². The number of sulfonamides is 1. The van der Waals surface area contributed by atoms with Gasteiger partial charge in [-0.05, 0) is 0 Å². The molecule has 1 rings (SSSR count). The molecule has 0 fully saturated rings. The van der Waals surface area contributed by atoms with Crippen LogP contribution in [0.1, 0.15) is 5.69 Å². The molecule has 7 heteroatoms. The number of hydrogen-bond donors (Lipinski definition) is 2. The molecule has 0 saturated heterocycles. The average molecular weight is 190 g/mol. The molecule has 0 aromatic carbocycles. The van der Waals surface area contributed by atoms with Crippen LogP contribution in [0.4, 0.5) is 0 Å². The molecule has 0 saturated carbocycles. The molecular formula is C5H10N4O2S. The van der Waals surface area contributed by atoms with Gasteiger partial charge in [0.05, 0.1) is 5.69 Å². The highest BCUT2D eigenvalue weighted by Gasteiger charge is 2.16. The van der Waals surface area contributed by atoms with Crippen LogP contribution in [0.15, 0.2) is 11.1 Å². The zero-order chi connectivity index (χ0) is 9.35. The summed E-state index contributed by atoms with van der Waals surface area (Å²) in [6.45, 7) is 0.0621. The Morgan fingerprint density at radius 3 is 2.58 bits per heavy atom. The fourth-order valence-electron chi connectivity index (χ4n) is 0.892. The Bertz CT molecular complexity index is 380. The summed E-state index contributed by atoms with van der Waals surface area (Å²) in [6.07, 6.45) is 1.33. The number of aryl methyl sites for hydroxylation is 1. The van der Waals surface area contributed by atoms with Gasteiger partial charge < -0.3 is 5.73 Å². The molecule has 4 N–H and O–H groups in total. The molecule has 1 aromatic heterocycles. The minimum atomic E-state index is -3.69. The van der Waals surface area contributed by atoms with Crippen molar-refractivity contribution in [1.29, 1.82) is 0 Å². The van der Waals surface area contributed by atoms with Crippen LogP contribution in [0, 0.1) is 0 Å². The van der Waals surface area contributed by atoms with E-state index < -0.39 is 10.0 Å². The highest BCUT2D eigenvalue weighted by molar-refractivity contribution is 7.89. The van der Waals surface area contributed by atoms with Crippen LogP contribution in [0.5, 0.6) is 0 Å². The highest BCUT2D eigenvalue weighted by atomic mass is 32.2. The summed E-state index contributed by atoms with van der Waals surface area (Å²) in [5.74, 6) is 0. The maximum Gasteiger partial charge on any atom is 0.241 e. The standard InChI is InChI=1S/C5H10N4O2S/c1-9-3-5(12(7,10)11)4(2-6)8-9/h3H,2,6H2,1H3,(H2,7,10,11). The third-order valence-corrected chi connectivity index (χ3v) is 2.32. The second-order valence-electron chi connectivity index (χ2n) is 2.36. The van der Waals surface area contributed by atoms with Gasteiger partial charge >= 0.3 is 0 Å². The molecule has 0 atom stereocenters. The number of hydrogen-bond acceptors (Lipinski definition) is 4. The van der Waals surface area contributed by atoms with E-state index in [1.807, 2.05) is 0 Å². The van der Waals surface area contributed by atoms with Crippen LogP contribution in [0.3, 0.4) is 0 Å². The first kappa shape index (κ1) is 9.17. The van der Waals surface area contributed by atoms with Gasteiger partial charge in [-0.1, -0.05) is 0 Å². The van der Waals surface area contributed by atoms with Crippen molar-refractivity contribution in [3.05, 3.63) is 11.9 Å². The third kappa shape index (κ3) is 1.63. The van der Waals surface area contributed by atoms with Crippen LogP contribution >= 0.6 is 0 Å². The predicted octanol–water partition coefficient (Wildman–Crippen LogP) is -1.47. The van der Waals surface area contributed by atoms with Gasteiger partial charge in [0.15, 0.2) is 0 Å². The summed E-state index contributed by atoms with van der Waals surface area (Å²) in [7, 11) is -2.08. The largest absolute Gasteiger partial charge is 0.325 e. The predicted molar refractivity (Wildman–Crippen MR) is 42.5 cm³/mol. The van der Waals surface area contributed by atoms with Gasteiger partial charge in [-0.3, -0.25) is 4.68 Å². The van der Waals surface area contributed by atoms with Gasteiger partial charge in [0.2, 0.25) is 10.0 Å². The molecule has 68 valence electrons. The molecule has 0 spiro atoms. The van der Waals surface area contributed by atoms with Crippen molar-refractivity contribution >= 4 is 10.0 Å². The number of primary sulfonamides is 1. The van der Waals surface area contributed by atoms with Gasteiger partial charge in [0.25, 0.3) is 0 Å². The Morgan fingerprint density at radius 2 is 2.25 bits per heavy atom. The first-order valence-electron chi connectivity index (χ1n) is 3.20. The monoisotopic (exact) mass is 190 g/mol. The molecule has 0 aliphatic heterocycles. The summed E-state index contributed by atoms with van der Waals surface area (Å²) in [5, 5.41) is 8.74. The minimum absolute atomic E-state index is 0.00694. The zero-order valence-electron chi connectivity index (χ0n) is 6.56. The van der Waals surface area contributed by atoms with E-state index in [-0.39, 0.29) is 11.4 Å². The molecule has 0 aliphatic rings. The molecule has 1 heterocycles. The van der Waals surface area contributed by atoms with Crippen molar-refractivity contribution < 1.29 is 8.42 Å². The van der Waals surface area contributed by atoms with Gasteiger partial charge in [-0.15, -0.1) is 0 Å². The van der Waals surface area contributed by atoms with Crippen LogP contribution < -0.4 is 10.9 Å². The molecule has 0 aliphatic carbocycles. The van der Waals surface area contributed by atoms with Crippen molar-refractivity contribution in [3.63, 3.8) is 0 Å². The van der Waals surface area contributed by atoms with E-state index in [1.54, 1.807) is 7.05 Å². The SMILES string of the molecule is Cn1cc(S(N)(=O)=O)c(CN)n1. The second-order valence-corrected chi connectivity index (χ2v) is 3.89. The van der Waals surface area contributed by atoms with E-state index in [2.05, 4.69) is 5.10 Å². The van der Waals surface area contributed by atoms with Gasteiger partial charge in [-0.25, -0.2) is 13.6 Å². The van der Waals surface area contributed by atoms with E-state index in [4.69, 9.17) is 10.9 Å². The second kappa shape index (κ2) is 2.85. The van der Waals surface area contributed by atoms with Crippen LogP contribution in [0.25, 0.3) is 0 Å². The zero-order valence-corrected chi connectivity index (χ0v) is 7.37. The van der Waals surface area contributed by atoms with Crippen LogP contribution in [0.2, 0.25) is 0 Å². The van der Waals surface area contributed by atoms with Crippen LogP contribution in [-0.4, -0.2) is 18.2 Å². The number of rotatable bonds is 2. The summed E-state index contributed by atoms with van der Waals surface area (Å²) >= 11 is 0. The quantitative estimate of drug-likeness (QED) is 0.593. The van der Waals surface area contributed by atoms with E-state index >= 15 is 0 Å². The molecule has 1 aromatic rings. The summed E-state index contributed by atoms with van der Waals surface area (Å²) in [4.78, 5) is -0.00694. The number of nitrogens with two attached hydrogens (primary N) is 2. The third-order valence-electron chi connectivity index (χ3n) is 1.37. The van der Waals surface area contributed by atoms with E-state index in [0.29, 0.717) is 5.69 Å². The highest BCUT2D eigenvalue weighted by Crippen LogP contribution is 2.10. The Morgan fingerprint density at radius 1 is 1.67 bits per heavy atom. The lowest BCUT2D eigenvalue weighted by Crippen LogP contribution is -2.14. The van der Waals surface area contributed by atoms with E-state index in [1.165, 1.54) is 10.9 Å². The van der Waals surface area contributed by atoms with Crippen LogP contribution in [-0.2, 0) is 23.6 Å². The Balaban J connectivity index is 3.33. The van der Waals surface area contributed by atoms with Crippen molar-refractivity contribution in [2.75, 3.05) is 0 Å². The van der Waals surface area contributed by atoms with Gasteiger partial charge in [0.1, 0.15) is 4.90 Å². The van der Waals surface area contributed by atoms with E-state index in [9.17, 15) is 8.42 Å². The van der Waals surface area contributed by atoms with E-state index in [0.717, 1.165) is 0 Å². The number of nitrogens with zero attached hydrogens (tertiary/aromatic N) is 2. The van der Waals surface area contributed by atoms with Gasteiger partial charge in [-0.2, -0.15) is 5.10 Å². The molecule has 0 unspecified atom stereocenters. The lowest BCUT2D eigenvalue weighted by molar-refractivity contribution is 0.596. The molecule has 0 bridgehead atoms. The molecular weight excluding hydrogens is 180 g/mol. The maximum absolute atomic E-state index is 10.9. The van der Waals surface area contributed by atoms with Gasteiger partial charge in [0, 0.05) is 19.8 Å². The molecule has 12 heavy (non-hydrogen) atoms. The Kier molecular flexibility index (Phi) is 2.18. The van der Waals surface area contributed by atoms with Crippen molar-refractivity contribution in [2.45, 2.75) is 11.4 Å². The molecule has 6 nitrogen and oxygen atoms in total. The van der Waals surface area contributed by atoms with Crippen molar-refractivity contribution in [3.8, 4) is 0 Å². The first-order chi connectivity index (χ1) is 5.45. The molecule has 0 amide bonds. The summed E-state index contributed by atoms with van der Waals surface area (Å²) in [5.41, 5.74) is 5.56. The lowest BCUT2D eigenvalue weighted by atomic mass is 10.4. The number of aromatic nitrogens is 2. The first-order valence-corrected chi connectivity index (χ1v) is 4.75. The minimum Gasteiger partial charge on any atom is -0.325 e. The lowest BCUT2D eigenvalue weighted by Gasteiger charge is -1.93. The summed E-state index contributed by atoms with van der Waals surface area (Å²) in [6, 6.07) is 0. The fraction of sp³-hybridized carbons (Fsp3) is 0.400. The average Bonchev–Trinajstić information content (AvgIpc) is 2.29. The molecule has 0 radical (unpaired) electrons. The normalized spacial score (nSPS) is 11.9.